The van der Waals surface area contributed by atoms with Crippen LogP contribution < -0.4 is 15.0 Å². The molecule has 32 heavy (non-hydrogen) atoms. The molecule has 9 heteroatoms. The Morgan fingerprint density at radius 1 is 1.25 bits per heavy atom. The van der Waals surface area contributed by atoms with Crippen molar-refractivity contribution in [2.45, 2.75) is 25.0 Å². The lowest BCUT2D eigenvalue weighted by Gasteiger charge is -2.41. The Balaban J connectivity index is 1.39. The summed E-state index contributed by atoms with van der Waals surface area (Å²) in [5.41, 5.74) is 2.37. The maximum Gasteiger partial charge on any atom is 0.339 e. The molecule has 2 atom stereocenters. The number of pyridine rings is 1. The number of nitrogens with one attached hydrogen (secondary N) is 1. The van der Waals surface area contributed by atoms with Gasteiger partial charge in [-0.15, -0.1) is 10.2 Å². The van der Waals surface area contributed by atoms with Crippen LogP contribution in [-0.2, 0) is 4.74 Å². The monoisotopic (exact) mass is 433 g/mol. The number of carbonyl (C=O) groups excluding carboxylic acids is 1. The van der Waals surface area contributed by atoms with Crippen LogP contribution in [0, 0.1) is 0 Å². The number of hydrogen-bond donors (Lipinski definition) is 2. The highest BCUT2D eigenvalue weighted by atomic mass is 16.5. The van der Waals surface area contributed by atoms with E-state index in [1.54, 1.807) is 24.3 Å². The van der Waals surface area contributed by atoms with Crippen LogP contribution in [0.25, 0.3) is 11.3 Å². The van der Waals surface area contributed by atoms with Crippen molar-refractivity contribution in [3.8, 4) is 22.9 Å². The molecule has 3 aromatic rings. The van der Waals surface area contributed by atoms with Gasteiger partial charge in [0.25, 0.3) is 0 Å². The average molecular weight is 433 g/mol. The maximum atomic E-state index is 11.6. The summed E-state index contributed by atoms with van der Waals surface area (Å²) < 4.78 is 10.9. The SMILES string of the molecule is COC(=O)c1ccc(OC2CN3c4cc(-c5ccccc5O)nnc4NCC3(C)C2)nc1. The van der Waals surface area contributed by atoms with Gasteiger partial charge in [0, 0.05) is 30.8 Å². The molecule has 0 amide bonds. The van der Waals surface area contributed by atoms with E-state index in [1.807, 2.05) is 18.2 Å². The third-order valence-corrected chi connectivity index (χ3v) is 6.03. The van der Waals surface area contributed by atoms with Crippen molar-refractivity contribution in [3.05, 3.63) is 54.2 Å². The van der Waals surface area contributed by atoms with E-state index in [0.717, 1.165) is 12.1 Å². The van der Waals surface area contributed by atoms with Crippen molar-refractivity contribution in [2.75, 3.05) is 30.4 Å². The fraction of sp³-hybridized carbons (Fsp3) is 0.304. The second-order valence-corrected chi connectivity index (χ2v) is 8.26. The molecule has 2 N–H and O–H groups in total. The normalized spacial score (nSPS) is 21.3. The van der Waals surface area contributed by atoms with Crippen molar-refractivity contribution in [3.63, 3.8) is 0 Å². The minimum atomic E-state index is -0.432. The average Bonchev–Trinajstić information content (AvgIpc) is 3.15. The van der Waals surface area contributed by atoms with Gasteiger partial charge in [0.05, 0.1) is 36.1 Å². The zero-order chi connectivity index (χ0) is 22.3. The van der Waals surface area contributed by atoms with Gasteiger partial charge in [-0.3, -0.25) is 0 Å². The van der Waals surface area contributed by atoms with Crippen molar-refractivity contribution >= 4 is 17.5 Å². The number of anilines is 2. The number of rotatable bonds is 4. The number of carbonyl (C=O) groups is 1. The number of phenols is 1. The fourth-order valence-corrected chi connectivity index (χ4v) is 4.39. The predicted octanol–water partition coefficient (Wildman–Crippen LogP) is 2.87. The van der Waals surface area contributed by atoms with Gasteiger partial charge in [0.15, 0.2) is 5.82 Å². The van der Waals surface area contributed by atoms with Gasteiger partial charge in [0.2, 0.25) is 5.88 Å². The number of phenolic OH excluding ortho intramolecular Hbond substituents is 1. The molecule has 2 unspecified atom stereocenters. The van der Waals surface area contributed by atoms with Crippen LogP contribution in [0.5, 0.6) is 11.6 Å². The molecule has 2 aliphatic rings. The lowest BCUT2D eigenvalue weighted by molar-refractivity contribution is 0.0600. The number of aromatic hydroxyl groups is 1. The Morgan fingerprint density at radius 3 is 2.84 bits per heavy atom. The first-order valence-corrected chi connectivity index (χ1v) is 10.4. The predicted molar refractivity (Wildman–Crippen MR) is 118 cm³/mol. The molecule has 9 nitrogen and oxygen atoms in total. The highest BCUT2D eigenvalue weighted by molar-refractivity contribution is 5.88. The lowest BCUT2D eigenvalue weighted by atomic mass is 9.95. The van der Waals surface area contributed by atoms with E-state index in [4.69, 9.17) is 9.47 Å². The molecule has 4 heterocycles. The summed E-state index contributed by atoms with van der Waals surface area (Å²) in [6, 6.07) is 12.4. The van der Waals surface area contributed by atoms with Crippen molar-refractivity contribution in [2.24, 2.45) is 0 Å². The third kappa shape index (κ3) is 3.45. The molecule has 1 saturated heterocycles. The molecule has 0 spiro atoms. The van der Waals surface area contributed by atoms with Crippen LogP contribution in [0.2, 0.25) is 0 Å². The second-order valence-electron chi connectivity index (χ2n) is 8.26. The number of para-hydroxylation sites is 1. The summed E-state index contributed by atoms with van der Waals surface area (Å²) >= 11 is 0. The summed E-state index contributed by atoms with van der Waals surface area (Å²) in [6.45, 7) is 3.54. The van der Waals surface area contributed by atoms with Crippen molar-refractivity contribution in [1.82, 2.24) is 15.2 Å². The van der Waals surface area contributed by atoms with Gasteiger partial charge in [-0.2, -0.15) is 0 Å². The van der Waals surface area contributed by atoms with Crippen LogP contribution >= 0.6 is 0 Å². The lowest BCUT2D eigenvalue weighted by Crippen LogP contribution is -2.50. The summed E-state index contributed by atoms with van der Waals surface area (Å²) in [6.07, 6.45) is 2.15. The van der Waals surface area contributed by atoms with E-state index in [-0.39, 0.29) is 17.4 Å². The number of ether oxygens (including phenoxy) is 2. The first-order chi connectivity index (χ1) is 15.5. The Morgan fingerprint density at radius 2 is 2.09 bits per heavy atom. The highest BCUT2D eigenvalue weighted by Gasteiger charge is 2.47. The zero-order valence-electron chi connectivity index (χ0n) is 17.8. The van der Waals surface area contributed by atoms with E-state index in [1.165, 1.54) is 13.3 Å². The van der Waals surface area contributed by atoms with Crippen LogP contribution in [0.3, 0.4) is 0 Å². The van der Waals surface area contributed by atoms with Crippen LogP contribution in [0.1, 0.15) is 23.7 Å². The van der Waals surface area contributed by atoms with Crippen LogP contribution in [-0.4, -0.2) is 58.1 Å². The summed E-state index contributed by atoms with van der Waals surface area (Å²) in [7, 11) is 1.34. The molecule has 2 aromatic heterocycles. The maximum absolute atomic E-state index is 11.6. The molecule has 1 aromatic carbocycles. The third-order valence-electron chi connectivity index (χ3n) is 6.03. The summed E-state index contributed by atoms with van der Waals surface area (Å²) in [4.78, 5) is 18.1. The molecule has 5 rings (SSSR count). The molecule has 1 fully saturated rings. The Bertz CT molecular complexity index is 1170. The number of fused-ring (bicyclic) bond motifs is 3. The van der Waals surface area contributed by atoms with E-state index in [0.29, 0.717) is 41.6 Å². The van der Waals surface area contributed by atoms with Gasteiger partial charge in [-0.05, 0) is 31.2 Å². The minimum Gasteiger partial charge on any atom is -0.507 e. The van der Waals surface area contributed by atoms with E-state index in [9.17, 15) is 9.90 Å². The Hall–Kier alpha value is -3.88. The fourth-order valence-electron chi connectivity index (χ4n) is 4.39. The molecular formula is C23H23N5O4. The highest BCUT2D eigenvalue weighted by Crippen LogP contribution is 2.43. The molecular weight excluding hydrogens is 410 g/mol. The first kappa shape index (κ1) is 20.0. The smallest absolute Gasteiger partial charge is 0.339 e. The van der Waals surface area contributed by atoms with Crippen LogP contribution in [0.4, 0.5) is 11.5 Å². The molecule has 0 saturated carbocycles. The quantitative estimate of drug-likeness (QED) is 0.600. The van der Waals surface area contributed by atoms with E-state index in [2.05, 4.69) is 32.3 Å². The Labute approximate surface area is 185 Å². The molecule has 0 bridgehead atoms. The van der Waals surface area contributed by atoms with Gasteiger partial charge >= 0.3 is 5.97 Å². The minimum absolute atomic E-state index is 0.0917. The van der Waals surface area contributed by atoms with Crippen molar-refractivity contribution in [1.29, 1.82) is 0 Å². The summed E-state index contributed by atoms with van der Waals surface area (Å²) in [5, 5.41) is 22.3. The number of hydrogen-bond acceptors (Lipinski definition) is 9. The van der Waals surface area contributed by atoms with E-state index < -0.39 is 5.97 Å². The zero-order valence-corrected chi connectivity index (χ0v) is 17.8. The summed E-state index contributed by atoms with van der Waals surface area (Å²) in [5.74, 6) is 0.904. The van der Waals surface area contributed by atoms with Gasteiger partial charge in [0.1, 0.15) is 11.9 Å². The molecule has 0 radical (unpaired) electrons. The van der Waals surface area contributed by atoms with Gasteiger partial charge in [-0.1, -0.05) is 12.1 Å². The molecule has 164 valence electrons. The number of methoxy groups -OCH3 is 1. The number of aromatic nitrogens is 3. The van der Waals surface area contributed by atoms with Crippen LogP contribution in [0.15, 0.2) is 48.7 Å². The van der Waals surface area contributed by atoms with E-state index >= 15 is 0 Å². The van der Waals surface area contributed by atoms with Gasteiger partial charge in [-0.25, -0.2) is 9.78 Å². The standard InChI is InChI=1S/C23H23N5O4/c1-23-10-15(32-20-8-7-14(11-24-20)22(30)31-2)12-28(23)18-9-17(26-27-21(18)25-13-23)16-5-3-4-6-19(16)29/h3-9,11,15,29H,10,12-13H2,1-2H3,(H,25,27). The number of benzene rings is 1. The van der Waals surface area contributed by atoms with Crippen molar-refractivity contribution < 1.29 is 19.4 Å². The first-order valence-electron chi connectivity index (χ1n) is 10.4. The number of esters is 1. The second kappa shape index (κ2) is 7.67. The van der Waals surface area contributed by atoms with Gasteiger partial charge < -0.3 is 24.8 Å². The Kier molecular flexibility index (Phi) is 4.80. The topological polar surface area (TPSA) is 110 Å². The molecule has 0 aliphatic carbocycles. The number of nitrogens with zero attached hydrogens (tertiary/aromatic N) is 4. The largest absolute Gasteiger partial charge is 0.507 e. The molecule has 2 aliphatic heterocycles.